The Kier molecular flexibility index (Phi) is 10.8. The number of esters is 1. The minimum absolute atomic E-state index is 0.190. The van der Waals surface area contributed by atoms with Crippen LogP contribution in [0.4, 0.5) is 0 Å². The summed E-state index contributed by atoms with van der Waals surface area (Å²) < 4.78 is 10.6. The van der Waals surface area contributed by atoms with Crippen molar-refractivity contribution in [1.29, 1.82) is 0 Å². The second kappa shape index (κ2) is 12.8. The van der Waals surface area contributed by atoms with Crippen molar-refractivity contribution in [2.45, 2.75) is 52.8 Å². The first-order valence-electron chi connectivity index (χ1n) is 10.1. The molecular weight excluding hydrogens is 370 g/mol. The zero-order valence-corrected chi connectivity index (χ0v) is 17.9. The monoisotopic (exact) mass is 403 g/mol. The second-order valence-corrected chi connectivity index (χ2v) is 6.04. The SMILES string of the molecule is CC.CC.COC(=O)C1Cc2cc(O)c(O)cc2[C@H](COCc2ccccc2)N1. The molecule has 0 aromatic heterocycles. The summed E-state index contributed by atoms with van der Waals surface area (Å²) in [5, 5.41) is 22.8. The van der Waals surface area contributed by atoms with Crippen molar-refractivity contribution in [1.82, 2.24) is 5.32 Å². The Morgan fingerprint density at radius 3 is 2.31 bits per heavy atom. The van der Waals surface area contributed by atoms with Crippen LogP contribution in [0, 0.1) is 0 Å². The number of carbonyl (C=O) groups is 1. The fourth-order valence-corrected chi connectivity index (χ4v) is 3.05. The van der Waals surface area contributed by atoms with Crippen LogP contribution in [-0.4, -0.2) is 35.9 Å². The fourth-order valence-electron chi connectivity index (χ4n) is 3.05. The number of rotatable bonds is 5. The highest BCUT2D eigenvalue weighted by molar-refractivity contribution is 5.77. The molecule has 1 aliphatic rings. The number of aromatic hydroxyl groups is 2. The topological polar surface area (TPSA) is 88.0 Å². The molecule has 0 fully saturated rings. The van der Waals surface area contributed by atoms with Crippen molar-refractivity contribution in [3.8, 4) is 11.5 Å². The van der Waals surface area contributed by atoms with Crippen molar-refractivity contribution in [2.75, 3.05) is 13.7 Å². The summed E-state index contributed by atoms with van der Waals surface area (Å²) in [6.07, 6.45) is 0.380. The highest BCUT2D eigenvalue weighted by atomic mass is 16.5. The van der Waals surface area contributed by atoms with E-state index in [0.717, 1.165) is 16.7 Å². The largest absolute Gasteiger partial charge is 0.504 e. The third-order valence-corrected chi connectivity index (χ3v) is 4.32. The lowest BCUT2D eigenvalue weighted by Crippen LogP contribution is -2.46. The van der Waals surface area contributed by atoms with Gasteiger partial charge in [0.1, 0.15) is 6.04 Å². The summed E-state index contributed by atoms with van der Waals surface area (Å²) in [6, 6.07) is 12.0. The van der Waals surface area contributed by atoms with Crippen LogP contribution >= 0.6 is 0 Å². The van der Waals surface area contributed by atoms with Gasteiger partial charge in [-0.15, -0.1) is 0 Å². The van der Waals surface area contributed by atoms with Gasteiger partial charge in [0, 0.05) is 0 Å². The number of phenolic OH excluding ortho intramolecular Hbond substituents is 2. The van der Waals surface area contributed by atoms with Crippen molar-refractivity contribution in [3.63, 3.8) is 0 Å². The van der Waals surface area contributed by atoms with E-state index in [0.29, 0.717) is 19.6 Å². The number of carbonyl (C=O) groups excluding carboxylic acids is 1. The first-order valence-corrected chi connectivity index (χ1v) is 10.1. The number of phenols is 2. The Balaban J connectivity index is 0.000000989. The molecular formula is C23H33NO5. The van der Waals surface area contributed by atoms with E-state index < -0.39 is 6.04 Å². The van der Waals surface area contributed by atoms with Crippen LogP contribution in [0.1, 0.15) is 50.4 Å². The van der Waals surface area contributed by atoms with Gasteiger partial charge in [0.25, 0.3) is 0 Å². The zero-order valence-electron chi connectivity index (χ0n) is 17.9. The molecule has 3 N–H and O–H groups in total. The Morgan fingerprint density at radius 2 is 1.69 bits per heavy atom. The molecule has 6 nitrogen and oxygen atoms in total. The van der Waals surface area contributed by atoms with Crippen LogP contribution in [0.5, 0.6) is 11.5 Å². The predicted octanol–water partition coefficient (Wildman–Crippen LogP) is 4.10. The molecule has 1 aliphatic heterocycles. The fraction of sp³-hybridized carbons (Fsp3) is 0.435. The number of fused-ring (bicyclic) bond motifs is 1. The molecule has 1 heterocycles. The molecule has 0 aliphatic carbocycles. The van der Waals surface area contributed by atoms with Gasteiger partial charge in [0.2, 0.25) is 0 Å². The molecule has 0 spiro atoms. The molecule has 0 radical (unpaired) electrons. The van der Waals surface area contributed by atoms with Gasteiger partial charge in [-0.3, -0.25) is 10.1 Å². The van der Waals surface area contributed by atoms with Crippen molar-refractivity contribution in [3.05, 3.63) is 59.2 Å². The maximum atomic E-state index is 11.9. The summed E-state index contributed by atoms with van der Waals surface area (Å²) in [5.74, 6) is -0.760. The Labute approximate surface area is 173 Å². The maximum absolute atomic E-state index is 11.9. The van der Waals surface area contributed by atoms with Gasteiger partial charge in [0.15, 0.2) is 11.5 Å². The van der Waals surface area contributed by atoms with Gasteiger partial charge in [-0.05, 0) is 35.2 Å². The average molecular weight is 404 g/mol. The molecule has 160 valence electrons. The van der Waals surface area contributed by atoms with Crippen molar-refractivity contribution >= 4 is 5.97 Å². The van der Waals surface area contributed by atoms with E-state index in [1.165, 1.54) is 19.2 Å². The maximum Gasteiger partial charge on any atom is 0.323 e. The summed E-state index contributed by atoms with van der Waals surface area (Å²) in [7, 11) is 1.34. The minimum Gasteiger partial charge on any atom is -0.504 e. The summed E-state index contributed by atoms with van der Waals surface area (Å²) in [4.78, 5) is 11.9. The average Bonchev–Trinajstić information content (AvgIpc) is 2.77. The lowest BCUT2D eigenvalue weighted by Gasteiger charge is -2.32. The lowest BCUT2D eigenvalue weighted by molar-refractivity contribution is -0.143. The normalized spacial score (nSPS) is 17.0. The van der Waals surface area contributed by atoms with Gasteiger partial charge in [0.05, 0.1) is 26.4 Å². The zero-order chi connectivity index (χ0) is 21.8. The summed E-state index contributed by atoms with van der Waals surface area (Å²) >= 11 is 0. The molecule has 2 aromatic rings. The highest BCUT2D eigenvalue weighted by Crippen LogP contribution is 2.35. The Hall–Kier alpha value is -2.57. The molecule has 0 saturated carbocycles. The Bertz CT molecular complexity index is 748. The summed E-state index contributed by atoms with van der Waals surface area (Å²) in [5.41, 5.74) is 2.65. The number of ether oxygens (including phenoxy) is 2. The third kappa shape index (κ3) is 6.76. The van der Waals surface area contributed by atoms with E-state index >= 15 is 0 Å². The molecule has 3 rings (SSSR count). The van der Waals surface area contributed by atoms with Gasteiger partial charge in [-0.25, -0.2) is 0 Å². The van der Waals surface area contributed by atoms with E-state index in [1.54, 1.807) is 0 Å². The summed E-state index contributed by atoms with van der Waals surface area (Å²) in [6.45, 7) is 8.76. The van der Waals surface area contributed by atoms with Crippen LogP contribution in [0.15, 0.2) is 42.5 Å². The molecule has 0 bridgehead atoms. The number of hydrogen-bond acceptors (Lipinski definition) is 6. The van der Waals surface area contributed by atoms with Crippen LogP contribution < -0.4 is 5.32 Å². The van der Waals surface area contributed by atoms with E-state index in [2.05, 4.69) is 5.32 Å². The van der Waals surface area contributed by atoms with Crippen LogP contribution in [-0.2, 0) is 27.3 Å². The van der Waals surface area contributed by atoms with Gasteiger partial charge >= 0.3 is 5.97 Å². The first-order chi connectivity index (χ1) is 14.1. The van der Waals surface area contributed by atoms with Crippen LogP contribution in [0.2, 0.25) is 0 Å². The number of nitrogens with one attached hydrogen (secondary N) is 1. The minimum atomic E-state index is -0.522. The number of methoxy groups -OCH3 is 1. The smallest absolute Gasteiger partial charge is 0.323 e. The van der Waals surface area contributed by atoms with Gasteiger partial charge in [-0.1, -0.05) is 58.0 Å². The lowest BCUT2D eigenvalue weighted by atomic mass is 9.90. The van der Waals surface area contributed by atoms with Gasteiger partial charge in [-0.2, -0.15) is 0 Å². The van der Waals surface area contributed by atoms with E-state index in [-0.39, 0.29) is 23.5 Å². The standard InChI is InChI=1S/C19H21NO5.2C2H6/c1-24-19(23)15-7-13-8-17(21)18(22)9-14(13)16(20-15)11-25-10-12-5-3-2-4-6-12;2*1-2/h2-6,8-9,15-16,20-22H,7,10-11H2,1H3;2*1-2H3/t15?,16-;;/m0../s1. The molecule has 29 heavy (non-hydrogen) atoms. The molecule has 0 saturated heterocycles. The quantitative estimate of drug-likeness (QED) is 0.515. The highest BCUT2D eigenvalue weighted by Gasteiger charge is 2.32. The first kappa shape index (κ1) is 24.5. The van der Waals surface area contributed by atoms with E-state index in [1.807, 2.05) is 58.0 Å². The molecule has 0 amide bonds. The van der Waals surface area contributed by atoms with Crippen LogP contribution in [0.3, 0.4) is 0 Å². The predicted molar refractivity (Wildman–Crippen MR) is 114 cm³/mol. The molecule has 2 aromatic carbocycles. The van der Waals surface area contributed by atoms with Crippen molar-refractivity contribution < 1.29 is 24.5 Å². The van der Waals surface area contributed by atoms with E-state index in [4.69, 9.17) is 9.47 Å². The molecule has 2 atom stereocenters. The third-order valence-electron chi connectivity index (χ3n) is 4.32. The molecule has 1 unspecified atom stereocenters. The van der Waals surface area contributed by atoms with Crippen molar-refractivity contribution in [2.24, 2.45) is 0 Å². The van der Waals surface area contributed by atoms with Gasteiger partial charge < -0.3 is 19.7 Å². The van der Waals surface area contributed by atoms with Crippen LogP contribution in [0.25, 0.3) is 0 Å². The Morgan fingerprint density at radius 1 is 1.07 bits per heavy atom. The molecule has 6 heteroatoms. The number of hydrogen-bond donors (Lipinski definition) is 3. The number of benzene rings is 2. The van der Waals surface area contributed by atoms with E-state index in [9.17, 15) is 15.0 Å². The second-order valence-electron chi connectivity index (χ2n) is 6.04.